The highest BCUT2D eigenvalue weighted by Crippen LogP contribution is 2.25. The molecule has 0 saturated heterocycles. The van der Waals surface area contributed by atoms with Crippen molar-refractivity contribution in [1.82, 2.24) is 0 Å². The smallest absolute Gasteiger partial charge is 0.342 e. The number of furan rings is 1. The maximum atomic E-state index is 11.9. The average Bonchev–Trinajstić information content (AvgIpc) is 2.90. The highest BCUT2D eigenvalue weighted by atomic mass is 16.5. The van der Waals surface area contributed by atoms with Crippen LogP contribution in [0.5, 0.6) is 11.5 Å². The maximum absolute atomic E-state index is 11.9. The molecule has 1 aromatic carbocycles. The number of benzene rings is 1. The molecule has 1 heterocycles. The molecule has 0 atom stereocenters. The lowest BCUT2D eigenvalue weighted by molar-refractivity contribution is -0.119. The Labute approximate surface area is 139 Å². The lowest BCUT2D eigenvalue weighted by Gasteiger charge is -2.10. The Balaban J connectivity index is 1.96. The lowest BCUT2D eigenvalue weighted by Crippen LogP contribution is -2.21. The molecule has 0 aliphatic carbocycles. The van der Waals surface area contributed by atoms with Gasteiger partial charge in [0.1, 0.15) is 28.6 Å². The van der Waals surface area contributed by atoms with Gasteiger partial charge in [-0.1, -0.05) is 0 Å². The SMILES string of the molecule is COc1cc(NC(=O)COC(=O)c2cc(C)oc2C)cc(OC)c1. The lowest BCUT2D eigenvalue weighted by atomic mass is 10.2. The molecule has 0 aliphatic heterocycles. The molecule has 0 unspecified atom stereocenters. The first-order valence-corrected chi connectivity index (χ1v) is 7.20. The number of ether oxygens (including phenoxy) is 3. The molecule has 0 saturated carbocycles. The Hall–Kier alpha value is -2.96. The van der Waals surface area contributed by atoms with E-state index in [0.717, 1.165) is 0 Å². The number of rotatable bonds is 6. The van der Waals surface area contributed by atoms with Gasteiger partial charge in [0, 0.05) is 23.9 Å². The number of hydrogen-bond donors (Lipinski definition) is 1. The van der Waals surface area contributed by atoms with E-state index < -0.39 is 18.5 Å². The van der Waals surface area contributed by atoms with Gasteiger partial charge in [-0.05, 0) is 19.9 Å². The van der Waals surface area contributed by atoms with E-state index in [4.69, 9.17) is 18.6 Å². The Morgan fingerprint density at radius 1 is 1.04 bits per heavy atom. The van der Waals surface area contributed by atoms with Crippen LogP contribution in [0.25, 0.3) is 0 Å². The van der Waals surface area contributed by atoms with Crippen molar-refractivity contribution in [1.29, 1.82) is 0 Å². The summed E-state index contributed by atoms with van der Waals surface area (Å²) in [7, 11) is 3.02. The van der Waals surface area contributed by atoms with Crippen LogP contribution in [0.2, 0.25) is 0 Å². The van der Waals surface area contributed by atoms with Crippen LogP contribution in [0.3, 0.4) is 0 Å². The largest absolute Gasteiger partial charge is 0.497 e. The standard InChI is InChI=1S/C17H19NO6/c1-10-5-15(11(2)24-10)17(20)23-9-16(19)18-12-6-13(21-3)8-14(7-12)22-4/h5-8H,9H2,1-4H3,(H,18,19). The molecule has 1 N–H and O–H groups in total. The third-order valence-corrected chi connectivity index (χ3v) is 3.23. The average molecular weight is 333 g/mol. The summed E-state index contributed by atoms with van der Waals surface area (Å²) in [4.78, 5) is 23.9. The second-order valence-corrected chi connectivity index (χ2v) is 5.05. The van der Waals surface area contributed by atoms with Crippen LogP contribution in [0.1, 0.15) is 21.9 Å². The van der Waals surface area contributed by atoms with Gasteiger partial charge in [-0.2, -0.15) is 0 Å². The molecule has 1 aromatic heterocycles. The van der Waals surface area contributed by atoms with E-state index in [0.29, 0.717) is 34.3 Å². The fraction of sp³-hybridized carbons (Fsp3) is 0.294. The fourth-order valence-corrected chi connectivity index (χ4v) is 2.12. The number of aryl methyl sites for hydroxylation is 2. The van der Waals surface area contributed by atoms with Crippen molar-refractivity contribution in [3.63, 3.8) is 0 Å². The molecule has 128 valence electrons. The first kappa shape index (κ1) is 17.4. The minimum absolute atomic E-state index is 0.309. The number of carbonyl (C=O) groups excluding carboxylic acids is 2. The molecule has 0 bridgehead atoms. The van der Waals surface area contributed by atoms with Crippen LogP contribution in [0.15, 0.2) is 28.7 Å². The zero-order valence-corrected chi connectivity index (χ0v) is 14.0. The van der Waals surface area contributed by atoms with Crippen molar-refractivity contribution in [2.75, 3.05) is 26.1 Å². The molecule has 7 nitrogen and oxygen atoms in total. The molecule has 0 fully saturated rings. The number of carbonyl (C=O) groups is 2. The predicted octanol–water partition coefficient (Wildman–Crippen LogP) is 2.71. The van der Waals surface area contributed by atoms with Crippen LogP contribution in [-0.2, 0) is 9.53 Å². The summed E-state index contributed by atoms with van der Waals surface area (Å²) in [6.07, 6.45) is 0. The molecule has 0 spiro atoms. The number of hydrogen-bond acceptors (Lipinski definition) is 6. The fourth-order valence-electron chi connectivity index (χ4n) is 2.12. The number of anilines is 1. The number of amides is 1. The van der Waals surface area contributed by atoms with E-state index in [1.807, 2.05) is 0 Å². The topological polar surface area (TPSA) is 87.0 Å². The Morgan fingerprint density at radius 2 is 1.67 bits per heavy atom. The molecular formula is C17H19NO6. The Kier molecular flexibility index (Phi) is 5.47. The summed E-state index contributed by atoms with van der Waals surface area (Å²) in [5.74, 6) is 1.04. The number of nitrogens with one attached hydrogen (secondary N) is 1. The van der Waals surface area contributed by atoms with Crippen molar-refractivity contribution >= 4 is 17.6 Å². The highest BCUT2D eigenvalue weighted by Gasteiger charge is 2.16. The van der Waals surface area contributed by atoms with E-state index in [1.165, 1.54) is 14.2 Å². The third-order valence-electron chi connectivity index (χ3n) is 3.23. The van der Waals surface area contributed by atoms with Gasteiger partial charge in [-0.15, -0.1) is 0 Å². The second kappa shape index (κ2) is 7.54. The van der Waals surface area contributed by atoms with E-state index in [1.54, 1.807) is 38.1 Å². The molecule has 0 radical (unpaired) electrons. The van der Waals surface area contributed by atoms with Gasteiger partial charge in [-0.3, -0.25) is 4.79 Å². The zero-order chi connectivity index (χ0) is 17.7. The van der Waals surface area contributed by atoms with Gasteiger partial charge >= 0.3 is 5.97 Å². The molecule has 1 amide bonds. The van der Waals surface area contributed by atoms with Gasteiger partial charge in [0.15, 0.2) is 6.61 Å². The molecule has 7 heteroatoms. The number of methoxy groups -OCH3 is 2. The van der Waals surface area contributed by atoms with Crippen molar-refractivity contribution < 1.29 is 28.2 Å². The molecule has 2 aromatic rings. The van der Waals surface area contributed by atoms with Gasteiger partial charge < -0.3 is 23.9 Å². The molecule has 2 rings (SSSR count). The van der Waals surface area contributed by atoms with Gasteiger partial charge in [0.2, 0.25) is 0 Å². The summed E-state index contributed by atoms with van der Waals surface area (Å²) in [5.41, 5.74) is 0.783. The third kappa shape index (κ3) is 4.28. The van der Waals surface area contributed by atoms with Gasteiger partial charge in [0.05, 0.1) is 14.2 Å². The van der Waals surface area contributed by atoms with Gasteiger partial charge in [-0.25, -0.2) is 4.79 Å². The van der Waals surface area contributed by atoms with Crippen molar-refractivity contribution in [3.8, 4) is 11.5 Å². The monoisotopic (exact) mass is 333 g/mol. The zero-order valence-electron chi connectivity index (χ0n) is 14.0. The molecule has 24 heavy (non-hydrogen) atoms. The summed E-state index contributed by atoms with van der Waals surface area (Å²) in [6.45, 7) is 2.97. The number of esters is 1. The normalized spacial score (nSPS) is 10.2. The van der Waals surface area contributed by atoms with E-state index >= 15 is 0 Å². The Bertz CT molecular complexity index is 727. The van der Waals surface area contributed by atoms with Crippen LogP contribution in [-0.4, -0.2) is 32.7 Å². The quantitative estimate of drug-likeness (QED) is 0.818. The first-order valence-electron chi connectivity index (χ1n) is 7.20. The summed E-state index contributed by atoms with van der Waals surface area (Å²) in [5, 5.41) is 2.62. The summed E-state index contributed by atoms with van der Waals surface area (Å²) >= 11 is 0. The summed E-state index contributed by atoms with van der Waals surface area (Å²) in [6, 6.07) is 6.51. The van der Waals surface area contributed by atoms with E-state index in [2.05, 4.69) is 5.32 Å². The first-order chi connectivity index (χ1) is 11.4. The van der Waals surface area contributed by atoms with E-state index in [9.17, 15) is 9.59 Å². The maximum Gasteiger partial charge on any atom is 0.342 e. The Morgan fingerprint density at radius 3 is 2.17 bits per heavy atom. The van der Waals surface area contributed by atoms with Crippen LogP contribution in [0, 0.1) is 13.8 Å². The second-order valence-electron chi connectivity index (χ2n) is 5.05. The van der Waals surface area contributed by atoms with Crippen LogP contribution in [0.4, 0.5) is 5.69 Å². The van der Waals surface area contributed by atoms with E-state index in [-0.39, 0.29) is 0 Å². The van der Waals surface area contributed by atoms with Crippen LogP contribution >= 0.6 is 0 Å². The summed E-state index contributed by atoms with van der Waals surface area (Å²) < 4.78 is 20.5. The van der Waals surface area contributed by atoms with Crippen molar-refractivity contribution in [2.45, 2.75) is 13.8 Å². The molecule has 0 aliphatic rings. The van der Waals surface area contributed by atoms with Crippen LogP contribution < -0.4 is 14.8 Å². The predicted molar refractivity (Wildman–Crippen MR) is 86.6 cm³/mol. The minimum Gasteiger partial charge on any atom is -0.497 e. The molecular weight excluding hydrogens is 314 g/mol. The minimum atomic E-state index is -0.609. The highest BCUT2D eigenvalue weighted by molar-refractivity contribution is 5.96. The van der Waals surface area contributed by atoms with Crippen molar-refractivity contribution in [2.24, 2.45) is 0 Å². The van der Waals surface area contributed by atoms with Gasteiger partial charge in [0.25, 0.3) is 5.91 Å². The van der Waals surface area contributed by atoms with Crippen molar-refractivity contribution in [3.05, 3.63) is 41.3 Å².